The highest BCUT2D eigenvalue weighted by atomic mass is 19.4. The third kappa shape index (κ3) is 5.09. The number of benzene rings is 2. The van der Waals surface area contributed by atoms with Crippen molar-refractivity contribution in [1.29, 1.82) is 0 Å². The summed E-state index contributed by atoms with van der Waals surface area (Å²) in [7, 11) is 1.58. The maximum Gasteiger partial charge on any atom is 0.416 e. The van der Waals surface area contributed by atoms with Crippen molar-refractivity contribution in [2.75, 3.05) is 13.7 Å². The van der Waals surface area contributed by atoms with Gasteiger partial charge in [0.1, 0.15) is 0 Å². The van der Waals surface area contributed by atoms with Crippen LogP contribution in [0.1, 0.15) is 27.0 Å². The van der Waals surface area contributed by atoms with Crippen molar-refractivity contribution in [3.8, 4) is 0 Å². The smallest absolute Gasteiger partial charge is 0.380 e. The number of carbonyl (C=O) groups is 1. The minimum absolute atomic E-state index is 0.222. The van der Waals surface area contributed by atoms with Crippen molar-refractivity contribution in [3.63, 3.8) is 0 Å². The molecule has 24 heavy (non-hydrogen) atoms. The molecule has 2 aromatic carbocycles. The van der Waals surface area contributed by atoms with E-state index in [1.165, 1.54) is 12.1 Å². The molecule has 128 valence electrons. The van der Waals surface area contributed by atoms with Crippen LogP contribution >= 0.6 is 0 Å². The summed E-state index contributed by atoms with van der Waals surface area (Å²) in [5.41, 5.74) is 1.48. The van der Waals surface area contributed by atoms with Gasteiger partial charge in [0, 0.05) is 19.2 Å². The van der Waals surface area contributed by atoms with Crippen LogP contribution in [-0.4, -0.2) is 19.6 Å². The van der Waals surface area contributed by atoms with Crippen molar-refractivity contribution < 1.29 is 22.7 Å². The highest BCUT2D eigenvalue weighted by molar-refractivity contribution is 5.94. The fraction of sp³-hybridized carbons (Fsp3) is 0.278. The molecule has 0 radical (unpaired) electrons. The fourth-order valence-electron chi connectivity index (χ4n) is 2.25. The zero-order chi connectivity index (χ0) is 17.6. The van der Waals surface area contributed by atoms with Crippen LogP contribution in [0.4, 0.5) is 13.2 Å². The number of rotatable bonds is 6. The van der Waals surface area contributed by atoms with Crippen molar-refractivity contribution in [2.45, 2.75) is 19.2 Å². The highest BCUT2D eigenvalue weighted by Gasteiger charge is 2.29. The Bertz CT molecular complexity index is 681. The van der Waals surface area contributed by atoms with Crippen molar-refractivity contribution in [3.05, 3.63) is 70.8 Å². The lowest BCUT2D eigenvalue weighted by molar-refractivity contribution is -0.137. The number of methoxy groups -OCH3 is 1. The largest absolute Gasteiger partial charge is 0.416 e. The Hall–Kier alpha value is -2.34. The van der Waals surface area contributed by atoms with E-state index in [1.807, 2.05) is 6.07 Å². The average molecular weight is 337 g/mol. The van der Waals surface area contributed by atoms with Gasteiger partial charge in [0.15, 0.2) is 0 Å². The van der Waals surface area contributed by atoms with E-state index in [1.54, 1.807) is 25.3 Å². The molecule has 0 bridgehead atoms. The zero-order valence-electron chi connectivity index (χ0n) is 13.2. The summed E-state index contributed by atoms with van der Waals surface area (Å²) in [4.78, 5) is 12.1. The van der Waals surface area contributed by atoms with Crippen molar-refractivity contribution in [1.82, 2.24) is 5.32 Å². The van der Waals surface area contributed by atoms with Crippen LogP contribution in [-0.2, 0) is 23.9 Å². The molecule has 0 fully saturated rings. The van der Waals surface area contributed by atoms with Crippen LogP contribution in [0.3, 0.4) is 0 Å². The highest BCUT2D eigenvalue weighted by Crippen LogP contribution is 2.29. The van der Waals surface area contributed by atoms with Crippen LogP contribution in [0.15, 0.2) is 48.5 Å². The third-order valence-electron chi connectivity index (χ3n) is 3.48. The number of ether oxygens (including phenoxy) is 1. The zero-order valence-corrected chi connectivity index (χ0v) is 13.2. The molecular formula is C18H18F3NO2. The van der Waals surface area contributed by atoms with E-state index in [4.69, 9.17) is 4.74 Å². The standard InChI is InChI=1S/C18H18F3NO2/c1-24-12-14-3-2-4-15(11-14)17(23)22-10-9-13-5-7-16(8-6-13)18(19,20)21/h2-8,11H,9-10,12H2,1H3,(H,22,23). The number of amides is 1. The Morgan fingerprint density at radius 1 is 1.08 bits per heavy atom. The number of hydrogen-bond acceptors (Lipinski definition) is 2. The van der Waals surface area contributed by atoms with Gasteiger partial charge >= 0.3 is 6.18 Å². The first-order valence-corrected chi connectivity index (χ1v) is 7.42. The first-order valence-electron chi connectivity index (χ1n) is 7.42. The first-order chi connectivity index (χ1) is 11.4. The fourth-order valence-corrected chi connectivity index (χ4v) is 2.25. The summed E-state index contributed by atoms with van der Waals surface area (Å²) < 4.78 is 42.5. The number of nitrogens with one attached hydrogen (secondary N) is 1. The van der Waals surface area contributed by atoms with E-state index in [-0.39, 0.29) is 5.91 Å². The topological polar surface area (TPSA) is 38.3 Å². The van der Waals surface area contributed by atoms with E-state index < -0.39 is 11.7 Å². The molecule has 0 aliphatic heterocycles. The third-order valence-corrected chi connectivity index (χ3v) is 3.48. The molecule has 0 aromatic heterocycles. The predicted molar refractivity (Wildman–Crippen MR) is 84.6 cm³/mol. The molecule has 0 aliphatic rings. The first kappa shape index (κ1) is 18.0. The number of hydrogen-bond donors (Lipinski definition) is 1. The number of alkyl halides is 3. The second-order valence-electron chi connectivity index (χ2n) is 5.33. The molecule has 0 aliphatic carbocycles. The lowest BCUT2D eigenvalue weighted by Crippen LogP contribution is -2.25. The van der Waals surface area contributed by atoms with E-state index >= 15 is 0 Å². The van der Waals surface area contributed by atoms with E-state index in [9.17, 15) is 18.0 Å². The Kier molecular flexibility index (Phi) is 5.98. The second-order valence-corrected chi connectivity index (χ2v) is 5.33. The summed E-state index contributed by atoms with van der Waals surface area (Å²) in [6.07, 6.45) is -3.87. The monoisotopic (exact) mass is 337 g/mol. The molecule has 0 unspecified atom stereocenters. The van der Waals surface area contributed by atoms with Crippen LogP contribution < -0.4 is 5.32 Å². The van der Waals surface area contributed by atoms with Crippen molar-refractivity contribution in [2.24, 2.45) is 0 Å². The van der Waals surface area contributed by atoms with Gasteiger partial charge in [-0.25, -0.2) is 0 Å². The molecular weight excluding hydrogens is 319 g/mol. The molecule has 1 N–H and O–H groups in total. The molecule has 0 heterocycles. The summed E-state index contributed by atoms with van der Waals surface area (Å²) in [5, 5.41) is 2.76. The van der Waals surface area contributed by atoms with Gasteiger partial charge in [-0.15, -0.1) is 0 Å². The van der Waals surface area contributed by atoms with Crippen molar-refractivity contribution >= 4 is 5.91 Å². The maximum absolute atomic E-state index is 12.5. The van der Waals surface area contributed by atoms with E-state index in [0.29, 0.717) is 25.1 Å². The lowest BCUT2D eigenvalue weighted by Gasteiger charge is -2.09. The SMILES string of the molecule is COCc1cccc(C(=O)NCCc2ccc(C(F)(F)F)cc2)c1. The second kappa shape index (κ2) is 7.97. The average Bonchev–Trinajstić information content (AvgIpc) is 2.55. The van der Waals surface area contributed by atoms with Crippen LogP contribution in [0.2, 0.25) is 0 Å². The van der Waals surface area contributed by atoms with Gasteiger partial charge in [-0.2, -0.15) is 13.2 Å². The summed E-state index contributed by atoms with van der Waals surface area (Å²) in [6, 6.07) is 12.0. The van der Waals surface area contributed by atoms with Gasteiger partial charge in [0.05, 0.1) is 12.2 Å². The van der Waals surface area contributed by atoms with Crippen LogP contribution in [0, 0.1) is 0 Å². The number of halogens is 3. The minimum atomic E-state index is -4.33. The van der Waals surface area contributed by atoms with Gasteiger partial charge in [0.25, 0.3) is 5.91 Å². The molecule has 6 heteroatoms. The normalized spacial score (nSPS) is 11.3. The quantitative estimate of drug-likeness (QED) is 0.870. The van der Waals surface area contributed by atoms with Gasteiger partial charge in [-0.05, 0) is 41.8 Å². The Balaban J connectivity index is 1.87. The van der Waals surface area contributed by atoms with Gasteiger partial charge in [-0.1, -0.05) is 24.3 Å². The lowest BCUT2D eigenvalue weighted by atomic mass is 10.1. The molecule has 2 rings (SSSR count). The van der Waals surface area contributed by atoms with Crippen LogP contribution in [0.5, 0.6) is 0 Å². The van der Waals surface area contributed by atoms with Gasteiger partial charge in [0.2, 0.25) is 0 Å². The van der Waals surface area contributed by atoms with Gasteiger partial charge < -0.3 is 10.1 Å². The summed E-state index contributed by atoms with van der Waals surface area (Å²) >= 11 is 0. The summed E-state index contributed by atoms with van der Waals surface area (Å²) in [5.74, 6) is -0.222. The predicted octanol–water partition coefficient (Wildman–Crippen LogP) is 3.82. The van der Waals surface area contributed by atoms with E-state index in [0.717, 1.165) is 23.3 Å². The van der Waals surface area contributed by atoms with E-state index in [2.05, 4.69) is 5.32 Å². The molecule has 3 nitrogen and oxygen atoms in total. The maximum atomic E-state index is 12.5. The van der Waals surface area contributed by atoms with Gasteiger partial charge in [-0.3, -0.25) is 4.79 Å². The molecule has 0 saturated heterocycles. The minimum Gasteiger partial charge on any atom is -0.380 e. The molecule has 0 saturated carbocycles. The Labute approximate surface area is 138 Å². The molecule has 0 spiro atoms. The summed E-state index contributed by atoms with van der Waals surface area (Å²) in [6.45, 7) is 0.769. The molecule has 2 aromatic rings. The number of carbonyl (C=O) groups excluding carboxylic acids is 1. The Morgan fingerprint density at radius 2 is 1.79 bits per heavy atom. The van der Waals surface area contributed by atoms with Crippen LogP contribution in [0.25, 0.3) is 0 Å². The molecule has 0 atom stereocenters. The molecule has 1 amide bonds. The Morgan fingerprint density at radius 3 is 2.42 bits per heavy atom.